The molecule has 1 nitrogen and oxygen atoms in total. The van der Waals surface area contributed by atoms with E-state index in [9.17, 15) is 0 Å². The molecule has 0 radical (unpaired) electrons. The minimum Gasteiger partial charge on any atom is -0.412 e. The third-order valence-electron chi connectivity index (χ3n) is 4.19. The molecule has 20 heavy (non-hydrogen) atoms. The van der Waals surface area contributed by atoms with E-state index in [0.29, 0.717) is 23.2 Å². The summed E-state index contributed by atoms with van der Waals surface area (Å²) in [5.74, 6) is 0. The predicted molar refractivity (Wildman–Crippen MR) is 95.0 cm³/mol. The largest absolute Gasteiger partial charge is 0.412 e. The van der Waals surface area contributed by atoms with Gasteiger partial charge < -0.3 is 4.43 Å². The van der Waals surface area contributed by atoms with Crippen molar-refractivity contribution in [3.8, 4) is 0 Å². The second kappa shape index (κ2) is 7.44. The van der Waals surface area contributed by atoms with Crippen molar-refractivity contribution in [2.75, 3.05) is 0 Å². The molecule has 0 atom stereocenters. The molecule has 0 heterocycles. The SMILES string of the molecule is CC(C)[Si](OCc1cc(Br)ccc1Cl)(C(C)C)C(C)C. The molecule has 0 saturated carbocycles. The van der Waals surface area contributed by atoms with Gasteiger partial charge in [-0.15, -0.1) is 0 Å². The molecule has 0 aromatic heterocycles. The van der Waals surface area contributed by atoms with Crippen molar-refractivity contribution in [2.24, 2.45) is 0 Å². The highest BCUT2D eigenvalue weighted by molar-refractivity contribution is 9.10. The Kier molecular flexibility index (Phi) is 6.77. The Morgan fingerprint density at radius 2 is 1.55 bits per heavy atom. The quantitative estimate of drug-likeness (QED) is 0.495. The molecule has 0 fully saturated rings. The molecule has 0 aliphatic heterocycles. The van der Waals surface area contributed by atoms with Crippen LogP contribution in [-0.2, 0) is 11.0 Å². The highest BCUT2D eigenvalue weighted by Gasteiger charge is 2.45. The van der Waals surface area contributed by atoms with Gasteiger partial charge in [0.05, 0.1) is 6.61 Å². The summed E-state index contributed by atoms with van der Waals surface area (Å²) in [6, 6.07) is 5.94. The van der Waals surface area contributed by atoms with Gasteiger partial charge in [-0.2, -0.15) is 0 Å². The number of hydrogen-bond acceptors (Lipinski definition) is 1. The fraction of sp³-hybridized carbons (Fsp3) is 0.625. The molecular weight excluding hydrogens is 352 g/mol. The number of halogens is 2. The van der Waals surface area contributed by atoms with Gasteiger partial charge in [0.2, 0.25) is 8.32 Å². The van der Waals surface area contributed by atoms with Crippen molar-refractivity contribution in [2.45, 2.75) is 64.8 Å². The Morgan fingerprint density at radius 1 is 1.05 bits per heavy atom. The number of hydrogen-bond donors (Lipinski definition) is 0. The van der Waals surface area contributed by atoms with E-state index < -0.39 is 8.32 Å². The third-order valence-corrected chi connectivity index (χ3v) is 11.1. The molecule has 114 valence electrons. The molecule has 0 unspecified atom stereocenters. The van der Waals surface area contributed by atoms with E-state index in [1.165, 1.54) is 0 Å². The van der Waals surface area contributed by atoms with E-state index >= 15 is 0 Å². The minimum atomic E-state index is -1.82. The minimum absolute atomic E-state index is 0.591. The van der Waals surface area contributed by atoms with Crippen LogP contribution >= 0.6 is 27.5 Å². The molecule has 1 rings (SSSR count). The third kappa shape index (κ3) is 3.88. The van der Waals surface area contributed by atoms with Crippen LogP contribution in [0.4, 0.5) is 0 Å². The van der Waals surface area contributed by atoms with E-state index in [1.807, 2.05) is 12.1 Å². The maximum atomic E-state index is 6.57. The van der Waals surface area contributed by atoms with Crippen molar-refractivity contribution in [3.63, 3.8) is 0 Å². The van der Waals surface area contributed by atoms with Crippen LogP contribution < -0.4 is 0 Å². The lowest BCUT2D eigenvalue weighted by Gasteiger charge is -2.42. The van der Waals surface area contributed by atoms with Crippen LogP contribution in [0.2, 0.25) is 21.6 Å². The van der Waals surface area contributed by atoms with Gasteiger partial charge in [-0.05, 0) is 40.4 Å². The van der Waals surface area contributed by atoms with Gasteiger partial charge in [-0.25, -0.2) is 0 Å². The van der Waals surface area contributed by atoms with E-state index in [-0.39, 0.29) is 0 Å². The monoisotopic (exact) mass is 376 g/mol. The average molecular weight is 378 g/mol. The number of benzene rings is 1. The normalized spacial score (nSPS) is 12.8. The summed E-state index contributed by atoms with van der Waals surface area (Å²) in [6.45, 7) is 14.4. The second-order valence-electron chi connectivity index (χ2n) is 6.34. The first-order valence-electron chi connectivity index (χ1n) is 7.29. The summed E-state index contributed by atoms with van der Waals surface area (Å²) in [7, 11) is -1.82. The highest BCUT2D eigenvalue weighted by atomic mass is 79.9. The zero-order chi connectivity index (χ0) is 15.5. The fourth-order valence-electron chi connectivity index (χ4n) is 3.36. The van der Waals surface area contributed by atoms with Crippen LogP contribution in [-0.4, -0.2) is 8.32 Å². The van der Waals surface area contributed by atoms with E-state index in [2.05, 4.69) is 63.5 Å². The first kappa shape index (κ1) is 18.2. The zero-order valence-corrected chi connectivity index (χ0v) is 16.7. The Bertz CT molecular complexity index is 424. The summed E-state index contributed by atoms with van der Waals surface area (Å²) in [6.07, 6.45) is 0. The number of rotatable bonds is 6. The van der Waals surface area contributed by atoms with Gasteiger partial charge in [-0.3, -0.25) is 0 Å². The van der Waals surface area contributed by atoms with Gasteiger partial charge in [0.15, 0.2) is 0 Å². The molecule has 0 bridgehead atoms. The van der Waals surface area contributed by atoms with E-state index in [1.54, 1.807) is 0 Å². The second-order valence-corrected chi connectivity index (χ2v) is 13.1. The molecule has 1 aromatic carbocycles. The van der Waals surface area contributed by atoms with E-state index in [4.69, 9.17) is 16.0 Å². The van der Waals surface area contributed by atoms with Crippen LogP contribution in [0.5, 0.6) is 0 Å². The van der Waals surface area contributed by atoms with Gasteiger partial charge in [0, 0.05) is 9.50 Å². The van der Waals surface area contributed by atoms with Crippen LogP contribution in [0, 0.1) is 0 Å². The Hall–Kier alpha value is 0.167. The van der Waals surface area contributed by atoms with Crippen LogP contribution in [0.25, 0.3) is 0 Å². The van der Waals surface area contributed by atoms with Gasteiger partial charge in [-0.1, -0.05) is 69.1 Å². The lowest BCUT2D eigenvalue weighted by molar-refractivity contribution is 0.266. The van der Waals surface area contributed by atoms with Crippen molar-refractivity contribution in [1.29, 1.82) is 0 Å². The van der Waals surface area contributed by atoms with Crippen molar-refractivity contribution >= 4 is 35.8 Å². The molecule has 0 spiro atoms. The molecule has 0 saturated heterocycles. The molecule has 0 N–H and O–H groups in total. The molecule has 0 amide bonds. The molecule has 0 aliphatic carbocycles. The Labute approximate surface area is 138 Å². The van der Waals surface area contributed by atoms with Gasteiger partial charge >= 0.3 is 0 Å². The topological polar surface area (TPSA) is 9.23 Å². The van der Waals surface area contributed by atoms with Gasteiger partial charge in [0.25, 0.3) is 0 Å². The predicted octanol–water partition coefficient (Wildman–Crippen LogP) is 6.79. The standard InChI is InChI=1S/C16H26BrClOSi/c1-11(2)20(12(3)4,13(5)6)19-10-14-9-15(17)7-8-16(14)18/h7-9,11-13H,10H2,1-6H3. The average Bonchev–Trinajstić information content (AvgIpc) is 2.32. The van der Waals surface area contributed by atoms with Crippen LogP contribution in [0.1, 0.15) is 47.1 Å². The lowest BCUT2D eigenvalue weighted by Crippen LogP contribution is -2.47. The molecule has 1 aromatic rings. The summed E-state index contributed by atoms with van der Waals surface area (Å²) in [5.41, 5.74) is 2.84. The zero-order valence-electron chi connectivity index (χ0n) is 13.3. The van der Waals surface area contributed by atoms with Crippen molar-refractivity contribution in [3.05, 3.63) is 33.3 Å². The first-order chi connectivity index (χ1) is 9.21. The van der Waals surface area contributed by atoms with E-state index in [0.717, 1.165) is 15.1 Å². The maximum absolute atomic E-state index is 6.57. The van der Waals surface area contributed by atoms with Crippen LogP contribution in [0.15, 0.2) is 22.7 Å². The molecule has 0 aliphatic rings. The maximum Gasteiger partial charge on any atom is 0.200 e. The Morgan fingerprint density at radius 3 is 2.00 bits per heavy atom. The summed E-state index contributed by atoms with van der Waals surface area (Å²) < 4.78 is 7.62. The molecular formula is C16H26BrClOSi. The van der Waals surface area contributed by atoms with Crippen molar-refractivity contribution in [1.82, 2.24) is 0 Å². The summed E-state index contributed by atoms with van der Waals surface area (Å²) in [4.78, 5) is 0. The molecule has 4 heteroatoms. The lowest BCUT2D eigenvalue weighted by atomic mass is 10.2. The smallest absolute Gasteiger partial charge is 0.200 e. The summed E-state index contributed by atoms with van der Waals surface area (Å²) in [5, 5.41) is 0.785. The first-order valence-corrected chi connectivity index (χ1v) is 10.6. The van der Waals surface area contributed by atoms with Crippen molar-refractivity contribution < 1.29 is 4.43 Å². The summed E-state index contributed by atoms with van der Waals surface area (Å²) >= 11 is 9.78. The van der Waals surface area contributed by atoms with Crippen LogP contribution in [0.3, 0.4) is 0 Å². The Balaban J connectivity index is 3.00. The van der Waals surface area contributed by atoms with Gasteiger partial charge in [0.1, 0.15) is 0 Å². The highest BCUT2D eigenvalue weighted by Crippen LogP contribution is 2.43. The fourth-order valence-corrected chi connectivity index (χ4v) is 9.34.